The predicted molar refractivity (Wildman–Crippen MR) is 50.8 cm³/mol. The molecule has 0 aromatic rings. The zero-order valence-electron chi connectivity index (χ0n) is 7.61. The van der Waals surface area contributed by atoms with Crippen molar-refractivity contribution in [3.8, 4) is 0 Å². The van der Waals surface area contributed by atoms with Crippen LogP contribution in [0, 0.1) is 5.41 Å². The molecular formula is C9H17NS. The van der Waals surface area contributed by atoms with Gasteiger partial charge in [-0.3, -0.25) is 0 Å². The number of hydrogen-bond acceptors (Lipinski definition) is 2. The summed E-state index contributed by atoms with van der Waals surface area (Å²) in [6.45, 7) is 8.28. The van der Waals surface area contributed by atoms with E-state index in [1.165, 1.54) is 19.4 Å². The fourth-order valence-corrected chi connectivity index (χ4v) is 3.47. The molecule has 0 spiro atoms. The molecule has 0 aromatic carbocycles. The van der Waals surface area contributed by atoms with Gasteiger partial charge in [-0.1, -0.05) is 13.8 Å². The molecule has 1 heterocycles. The predicted octanol–water partition coefficient (Wildman–Crippen LogP) is 2.23. The van der Waals surface area contributed by atoms with E-state index in [1.54, 1.807) is 0 Å². The Kier molecular flexibility index (Phi) is 1.56. The molecule has 11 heavy (non-hydrogen) atoms. The zero-order chi connectivity index (χ0) is 8.11. The largest absolute Gasteiger partial charge is 0.301 e. The van der Waals surface area contributed by atoms with Crippen LogP contribution < -0.4 is 5.32 Å². The standard InChI is InChI=1S/C9H17NS/c1-7-6-10-9(3,11-7)8(2)4-5-8/h7,10H,4-6H2,1-3H3. The SMILES string of the molecule is CC1CNC(C)(C2(C)CC2)S1. The van der Waals surface area contributed by atoms with Gasteiger partial charge in [-0.15, -0.1) is 11.8 Å². The van der Waals surface area contributed by atoms with Crippen molar-refractivity contribution in [1.82, 2.24) is 5.32 Å². The van der Waals surface area contributed by atoms with E-state index < -0.39 is 0 Å². The van der Waals surface area contributed by atoms with E-state index in [9.17, 15) is 0 Å². The summed E-state index contributed by atoms with van der Waals surface area (Å²) in [5.41, 5.74) is 0.600. The van der Waals surface area contributed by atoms with Gasteiger partial charge in [-0.05, 0) is 25.2 Å². The molecule has 0 radical (unpaired) electrons. The van der Waals surface area contributed by atoms with E-state index >= 15 is 0 Å². The Hall–Kier alpha value is 0.310. The van der Waals surface area contributed by atoms with Crippen molar-refractivity contribution < 1.29 is 0 Å². The van der Waals surface area contributed by atoms with Crippen LogP contribution in [0.2, 0.25) is 0 Å². The smallest absolute Gasteiger partial charge is 0.0674 e. The third-order valence-corrected chi connectivity index (χ3v) is 4.99. The van der Waals surface area contributed by atoms with E-state index in [0.717, 1.165) is 5.25 Å². The molecule has 2 aliphatic rings. The van der Waals surface area contributed by atoms with E-state index in [4.69, 9.17) is 0 Å². The van der Waals surface area contributed by atoms with Crippen LogP contribution in [0.4, 0.5) is 0 Å². The first-order valence-corrected chi connectivity index (χ1v) is 5.37. The molecule has 2 atom stereocenters. The third kappa shape index (κ3) is 1.11. The second-order valence-electron chi connectivity index (χ2n) is 4.40. The molecule has 64 valence electrons. The van der Waals surface area contributed by atoms with Gasteiger partial charge in [-0.25, -0.2) is 0 Å². The molecule has 1 nitrogen and oxygen atoms in total. The summed E-state index contributed by atoms with van der Waals surface area (Å²) >= 11 is 2.13. The van der Waals surface area contributed by atoms with Crippen molar-refractivity contribution in [1.29, 1.82) is 0 Å². The van der Waals surface area contributed by atoms with Crippen molar-refractivity contribution in [2.75, 3.05) is 6.54 Å². The van der Waals surface area contributed by atoms with Crippen molar-refractivity contribution in [3.05, 3.63) is 0 Å². The summed E-state index contributed by atoms with van der Waals surface area (Å²) < 4.78 is 0. The highest BCUT2D eigenvalue weighted by atomic mass is 32.2. The summed E-state index contributed by atoms with van der Waals surface area (Å²) in [6.07, 6.45) is 2.83. The van der Waals surface area contributed by atoms with Crippen LogP contribution in [0.5, 0.6) is 0 Å². The molecule has 0 amide bonds. The van der Waals surface area contributed by atoms with Crippen molar-refractivity contribution in [2.24, 2.45) is 5.41 Å². The van der Waals surface area contributed by atoms with Gasteiger partial charge < -0.3 is 5.32 Å². The van der Waals surface area contributed by atoms with Crippen molar-refractivity contribution in [3.63, 3.8) is 0 Å². The van der Waals surface area contributed by atoms with Gasteiger partial charge in [0.2, 0.25) is 0 Å². The normalized spacial score (nSPS) is 47.7. The Morgan fingerprint density at radius 2 is 2.00 bits per heavy atom. The van der Waals surface area contributed by atoms with Crippen molar-refractivity contribution in [2.45, 2.75) is 43.7 Å². The monoisotopic (exact) mass is 171 g/mol. The van der Waals surface area contributed by atoms with Crippen molar-refractivity contribution >= 4 is 11.8 Å². The number of hydrogen-bond donors (Lipinski definition) is 1. The highest BCUT2D eigenvalue weighted by molar-refractivity contribution is 8.01. The number of rotatable bonds is 1. The topological polar surface area (TPSA) is 12.0 Å². The molecule has 2 heteroatoms. The lowest BCUT2D eigenvalue weighted by molar-refractivity contribution is 0.360. The summed E-state index contributed by atoms with van der Waals surface area (Å²) in [6, 6.07) is 0. The Morgan fingerprint density at radius 1 is 1.36 bits per heavy atom. The fraction of sp³-hybridized carbons (Fsp3) is 1.00. The maximum absolute atomic E-state index is 3.65. The summed E-state index contributed by atoms with van der Waals surface area (Å²) in [4.78, 5) is 0.381. The molecule has 1 aliphatic carbocycles. The quantitative estimate of drug-likeness (QED) is 0.649. The third-order valence-electron chi connectivity index (χ3n) is 3.32. The summed E-state index contributed by atoms with van der Waals surface area (Å²) in [5, 5.41) is 4.45. The Balaban J connectivity index is 2.11. The molecule has 1 saturated carbocycles. The first kappa shape index (κ1) is 7.93. The Labute approximate surface area is 73.3 Å². The second kappa shape index (κ2) is 2.17. The lowest BCUT2D eigenvalue weighted by Gasteiger charge is -2.31. The molecule has 2 unspecified atom stereocenters. The van der Waals surface area contributed by atoms with Gasteiger partial charge in [0.05, 0.1) is 4.87 Å². The van der Waals surface area contributed by atoms with E-state index in [1.807, 2.05) is 0 Å². The van der Waals surface area contributed by atoms with Crippen LogP contribution in [-0.2, 0) is 0 Å². The highest BCUT2D eigenvalue weighted by Crippen LogP contribution is 2.59. The zero-order valence-corrected chi connectivity index (χ0v) is 8.42. The van der Waals surface area contributed by atoms with Gasteiger partial charge in [-0.2, -0.15) is 0 Å². The van der Waals surface area contributed by atoms with Crippen LogP contribution in [0.3, 0.4) is 0 Å². The lowest BCUT2D eigenvalue weighted by atomic mass is 10.00. The van der Waals surface area contributed by atoms with E-state index in [2.05, 4.69) is 37.8 Å². The number of nitrogens with one attached hydrogen (secondary N) is 1. The summed E-state index contributed by atoms with van der Waals surface area (Å²) in [7, 11) is 0. The van der Waals surface area contributed by atoms with E-state index in [-0.39, 0.29) is 0 Å². The molecule has 1 N–H and O–H groups in total. The van der Waals surface area contributed by atoms with Gasteiger partial charge in [0.15, 0.2) is 0 Å². The van der Waals surface area contributed by atoms with Gasteiger partial charge in [0, 0.05) is 11.8 Å². The molecular weight excluding hydrogens is 154 g/mol. The Morgan fingerprint density at radius 3 is 2.36 bits per heavy atom. The molecule has 1 saturated heterocycles. The molecule has 2 fully saturated rings. The van der Waals surface area contributed by atoms with E-state index in [0.29, 0.717) is 10.3 Å². The Bertz CT molecular complexity index is 176. The minimum absolute atomic E-state index is 0.381. The van der Waals surface area contributed by atoms with Crippen LogP contribution >= 0.6 is 11.8 Å². The molecule has 0 aromatic heterocycles. The maximum atomic E-state index is 3.65. The molecule has 2 rings (SSSR count). The van der Waals surface area contributed by atoms with Crippen LogP contribution in [-0.4, -0.2) is 16.7 Å². The van der Waals surface area contributed by atoms with Crippen LogP contribution in [0.15, 0.2) is 0 Å². The van der Waals surface area contributed by atoms with Gasteiger partial charge >= 0.3 is 0 Å². The summed E-state index contributed by atoms with van der Waals surface area (Å²) in [5.74, 6) is 0. The second-order valence-corrected chi connectivity index (χ2v) is 6.26. The molecule has 1 aliphatic heterocycles. The van der Waals surface area contributed by atoms with Crippen LogP contribution in [0.1, 0.15) is 33.6 Å². The first-order valence-electron chi connectivity index (χ1n) is 4.49. The lowest BCUT2D eigenvalue weighted by Crippen LogP contribution is -2.41. The van der Waals surface area contributed by atoms with Gasteiger partial charge in [0.25, 0.3) is 0 Å². The fourth-order valence-electron chi connectivity index (χ4n) is 1.84. The minimum Gasteiger partial charge on any atom is -0.301 e. The highest BCUT2D eigenvalue weighted by Gasteiger charge is 2.55. The minimum atomic E-state index is 0.381. The molecule has 0 bridgehead atoms. The number of thioether (sulfide) groups is 1. The maximum Gasteiger partial charge on any atom is 0.0674 e. The van der Waals surface area contributed by atoms with Crippen LogP contribution in [0.25, 0.3) is 0 Å². The average molecular weight is 171 g/mol. The average Bonchev–Trinajstić information content (AvgIpc) is 2.57. The first-order chi connectivity index (χ1) is 5.06. The van der Waals surface area contributed by atoms with Gasteiger partial charge in [0.1, 0.15) is 0 Å².